The highest BCUT2D eigenvalue weighted by Crippen LogP contribution is 2.25. The van der Waals surface area contributed by atoms with Crippen molar-refractivity contribution >= 4 is 11.6 Å². The molecule has 1 aromatic carbocycles. The van der Waals surface area contributed by atoms with Crippen LogP contribution in [-0.4, -0.2) is 51.1 Å². The Morgan fingerprint density at radius 3 is 1.72 bits per heavy atom. The summed E-state index contributed by atoms with van der Waals surface area (Å²) in [5, 5.41) is 0.817. The lowest BCUT2D eigenvalue weighted by Gasteiger charge is -2.21. The fourth-order valence-electron chi connectivity index (χ4n) is 2.04. The van der Waals surface area contributed by atoms with Crippen LogP contribution >= 0.6 is 11.6 Å². The van der Waals surface area contributed by atoms with Crippen LogP contribution in [0.2, 0.25) is 5.02 Å². The molecule has 0 fully saturated rings. The minimum absolute atomic E-state index is 0.618. The molecule has 3 heteroatoms. The fourth-order valence-corrected chi connectivity index (χ4v) is 2.17. The quantitative estimate of drug-likeness (QED) is 0.749. The second-order valence-corrected chi connectivity index (χ2v) is 5.87. The van der Waals surface area contributed by atoms with Gasteiger partial charge in [-0.1, -0.05) is 23.7 Å². The first-order chi connectivity index (χ1) is 8.49. The average Bonchev–Trinajstić information content (AvgIpc) is 2.30. The smallest absolute Gasteiger partial charge is 0.0406 e. The minimum Gasteiger partial charge on any atom is -0.309 e. The Hall–Kier alpha value is -0.570. The van der Waals surface area contributed by atoms with Crippen LogP contribution in [-0.2, 0) is 0 Å². The first-order valence-corrected chi connectivity index (χ1v) is 6.91. The maximum absolute atomic E-state index is 5.95. The second kappa shape index (κ2) is 7.78. The molecule has 0 aromatic heterocycles. The van der Waals surface area contributed by atoms with E-state index in [2.05, 4.69) is 50.1 Å². The number of hydrogen-bond acceptors (Lipinski definition) is 2. The first-order valence-electron chi connectivity index (χ1n) is 6.54. The lowest BCUT2D eigenvalue weighted by Crippen LogP contribution is -2.20. The van der Waals surface area contributed by atoms with Crippen molar-refractivity contribution in [3.63, 3.8) is 0 Å². The van der Waals surface area contributed by atoms with Gasteiger partial charge in [0.05, 0.1) is 0 Å². The van der Waals surface area contributed by atoms with Gasteiger partial charge in [0.15, 0.2) is 0 Å². The Morgan fingerprint density at radius 1 is 0.889 bits per heavy atom. The van der Waals surface area contributed by atoms with Crippen molar-refractivity contribution in [3.8, 4) is 0 Å². The molecule has 0 amide bonds. The SMILES string of the molecule is CN(C)CCC(CCN(C)C)c1ccc(Cl)cc1. The summed E-state index contributed by atoms with van der Waals surface area (Å²) in [4.78, 5) is 4.50. The summed E-state index contributed by atoms with van der Waals surface area (Å²) in [5.41, 5.74) is 1.41. The predicted octanol–water partition coefficient (Wildman–Crippen LogP) is 3.33. The third-order valence-electron chi connectivity index (χ3n) is 3.19. The van der Waals surface area contributed by atoms with Crippen LogP contribution in [0.25, 0.3) is 0 Å². The molecular formula is C15H25ClN2. The number of rotatable bonds is 7. The topological polar surface area (TPSA) is 6.48 Å². The van der Waals surface area contributed by atoms with Crippen LogP contribution in [0.3, 0.4) is 0 Å². The Labute approximate surface area is 117 Å². The Morgan fingerprint density at radius 2 is 1.33 bits per heavy atom. The molecule has 0 heterocycles. The van der Waals surface area contributed by atoms with E-state index in [0.717, 1.165) is 18.1 Å². The Balaban J connectivity index is 2.66. The van der Waals surface area contributed by atoms with Crippen molar-refractivity contribution in [1.29, 1.82) is 0 Å². The van der Waals surface area contributed by atoms with Gasteiger partial charge in [-0.3, -0.25) is 0 Å². The van der Waals surface area contributed by atoms with Crippen LogP contribution in [0.15, 0.2) is 24.3 Å². The van der Waals surface area contributed by atoms with Crippen LogP contribution < -0.4 is 0 Å². The third-order valence-corrected chi connectivity index (χ3v) is 3.44. The van der Waals surface area contributed by atoms with E-state index in [4.69, 9.17) is 11.6 Å². The summed E-state index contributed by atoms with van der Waals surface area (Å²) < 4.78 is 0. The molecule has 0 unspecified atom stereocenters. The van der Waals surface area contributed by atoms with Gasteiger partial charge in [-0.2, -0.15) is 0 Å². The Kier molecular flexibility index (Phi) is 6.69. The van der Waals surface area contributed by atoms with E-state index in [9.17, 15) is 0 Å². The van der Waals surface area contributed by atoms with Crippen molar-refractivity contribution in [2.24, 2.45) is 0 Å². The van der Waals surface area contributed by atoms with Crippen molar-refractivity contribution < 1.29 is 0 Å². The van der Waals surface area contributed by atoms with Gasteiger partial charge in [0.1, 0.15) is 0 Å². The highest BCUT2D eigenvalue weighted by atomic mass is 35.5. The standard InChI is InChI=1S/C15H25ClN2/c1-17(2)11-9-14(10-12-18(3)4)13-5-7-15(16)8-6-13/h5-8,14H,9-12H2,1-4H3. The maximum atomic E-state index is 5.95. The van der Waals surface area contributed by atoms with Gasteiger partial charge in [-0.05, 0) is 77.7 Å². The molecule has 1 aromatic rings. The zero-order chi connectivity index (χ0) is 13.5. The van der Waals surface area contributed by atoms with Crippen molar-refractivity contribution in [3.05, 3.63) is 34.9 Å². The van der Waals surface area contributed by atoms with Crippen molar-refractivity contribution in [2.45, 2.75) is 18.8 Å². The number of nitrogens with zero attached hydrogens (tertiary/aromatic N) is 2. The van der Waals surface area contributed by atoms with Gasteiger partial charge in [0.25, 0.3) is 0 Å². The zero-order valence-electron chi connectivity index (χ0n) is 12.0. The van der Waals surface area contributed by atoms with E-state index >= 15 is 0 Å². The molecule has 102 valence electrons. The predicted molar refractivity (Wildman–Crippen MR) is 80.5 cm³/mol. The van der Waals surface area contributed by atoms with E-state index in [0.29, 0.717) is 5.92 Å². The van der Waals surface area contributed by atoms with Gasteiger partial charge in [0, 0.05) is 5.02 Å². The Bertz CT molecular complexity index is 321. The lowest BCUT2D eigenvalue weighted by molar-refractivity contribution is 0.342. The third kappa shape index (κ3) is 5.85. The molecule has 0 aliphatic rings. The van der Waals surface area contributed by atoms with Gasteiger partial charge in [-0.15, -0.1) is 0 Å². The first kappa shape index (κ1) is 15.5. The summed E-state index contributed by atoms with van der Waals surface area (Å²) in [6.45, 7) is 2.25. The molecule has 0 saturated carbocycles. The van der Waals surface area contributed by atoms with Crippen LogP contribution in [0.1, 0.15) is 24.3 Å². The number of hydrogen-bond donors (Lipinski definition) is 0. The van der Waals surface area contributed by atoms with E-state index in [1.165, 1.54) is 18.4 Å². The summed E-state index contributed by atoms with van der Waals surface area (Å²) >= 11 is 5.95. The van der Waals surface area contributed by atoms with Crippen LogP contribution in [0.4, 0.5) is 0 Å². The van der Waals surface area contributed by atoms with Crippen LogP contribution in [0, 0.1) is 0 Å². The van der Waals surface area contributed by atoms with Gasteiger partial charge >= 0.3 is 0 Å². The number of halogens is 1. The van der Waals surface area contributed by atoms with E-state index in [-0.39, 0.29) is 0 Å². The monoisotopic (exact) mass is 268 g/mol. The molecule has 0 saturated heterocycles. The summed E-state index contributed by atoms with van der Waals surface area (Å²) in [5.74, 6) is 0.618. The van der Waals surface area contributed by atoms with E-state index in [1.807, 2.05) is 12.1 Å². The molecule has 0 aliphatic heterocycles. The largest absolute Gasteiger partial charge is 0.309 e. The fraction of sp³-hybridized carbons (Fsp3) is 0.600. The normalized spacial score (nSPS) is 11.8. The van der Waals surface area contributed by atoms with Gasteiger partial charge in [-0.25, -0.2) is 0 Å². The molecule has 0 radical (unpaired) electrons. The molecule has 1 rings (SSSR count). The van der Waals surface area contributed by atoms with E-state index < -0.39 is 0 Å². The molecule has 0 aliphatic carbocycles. The number of benzene rings is 1. The van der Waals surface area contributed by atoms with Gasteiger partial charge in [0.2, 0.25) is 0 Å². The minimum atomic E-state index is 0.618. The summed E-state index contributed by atoms with van der Waals surface area (Å²) in [6, 6.07) is 8.32. The van der Waals surface area contributed by atoms with Crippen molar-refractivity contribution in [2.75, 3.05) is 41.3 Å². The second-order valence-electron chi connectivity index (χ2n) is 5.43. The maximum Gasteiger partial charge on any atom is 0.0406 e. The van der Waals surface area contributed by atoms with E-state index in [1.54, 1.807) is 0 Å². The van der Waals surface area contributed by atoms with Gasteiger partial charge < -0.3 is 9.80 Å². The summed E-state index contributed by atoms with van der Waals surface area (Å²) in [6.07, 6.45) is 2.39. The highest BCUT2D eigenvalue weighted by molar-refractivity contribution is 6.30. The molecule has 2 nitrogen and oxygen atoms in total. The van der Waals surface area contributed by atoms with Crippen LogP contribution in [0.5, 0.6) is 0 Å². The highest BCUT2D eigenvalue weighted by Gasteiger charge is 2.12. The molecular weight excluding hydrogens is 244 g/mol. The molecule has 0 spiro atoms. The van der Waals surface area contributed by atoms with Crippen molar-refractivity contribution in [1.82, 2.24) is 9.80 Å². The molecule has 18 heavy (non-hydrogen) atoms. The molecule has 0 atom stereocenters. The lowest BCUT2D eigenvalue weighted by atomic mass is 9.92. The summed E-state index contributed by atoms with van der Waals surface area (Å²) in [7, 11) is 8.52. The molecule has 0 bridgehead atoms. The molecule has 0 N–H and O–H groups in total. The zero-order valence-corrected chi connectivity index (χ0v) is 12.7. The average molecular weight is 269 g/mol.